The Morgan fingerprint density at radius 3 is 1.66 bits per heavy atom. The number of carbonyl (C=O) groups is 1. The number of nitrogens with one attached hydrogen (secondary N) is 2. The van der Waals surface area contributed by atoms with Crippen molar-refractivity contribution in [3.05, 3.63) is 0 Å². The zero-order valence-electron chi connectivity index (χ0n) is 19.2. The molecule has 4 unspecified atom stereocenters. The minimum absolute atomic E-state index is 0.214. The maximum atomic E-state index is 11.3. The molecule has 6 heteroatoms. The highest BCUT2D eigenvalue weighted by Crippen LogP contribution is 2.11. The molecule has 0 aromatic heterocycles. The van der Waals surface area contributed by atoms with Crippen LogP contribution in [-0.4, -0.2) is 58.7 Å². The van der Waals surface area contributed by atoms with Crippen LogP contribution in [0.4, 0.5) is 0 Å². The number of aliphatic hydroxyl groups is 2. The van der Waals surface area contributed by atoms with E-state index in [0.29, 0.717) is 19.4 Å². The summed E-state index contributed by atoms with van der Waals surface area (Å²) in [6.07, 6.45) is 13.8. The number of carboxylic acids is 1. The van der Waals surface area contributed by atoms with Crippen LogP contribution >= 0.6 is 0 Å². The van der Waals surface area contributed by atoms with Crippen LogP contribution in [0.2, 0.25) is 0 Å². The van der Waals surface area contributed by atoms with E-state index in [1.807, 2.05) is 6.92 Å². The molecule has 0 rings (SSSR count). The Hall–Kier alpha value is -0.690. The van der Waals surface area contributed by atoms with Crippen molar-refractivity contribution in [2.75, 3.05) is 13.1 Å². The summed E-state index contributed by atoms with van der Waals surface area (Å²) in [5, 5.41) is 35.6. The topological polar surface area (TPSA) is 102 Å². The molecule has 29 heavy (non-hydrogen) atoms. The highest BCUT2D eigenvalue weighted by molar-refractivity contribution is 5.74. The van der Waals surface area contributed by atoms with Gasteiger partial charge in [0.05, 0.1) is 12.2 Å². The first-order valence-electron chi connectivity index (χ1n) is 12.0. The summed E-state index contributed by atoms with van der Waals surface area (Å²) in [5.41, 5.74) is 0. The van der Waals surface area contributed by atoms with Gasteiger partial charge in [-0.2, -0.15) is 0 Å². The molecular weight excluding hydrogens is 368 g/mol. The molecule has 0 spiro atoms. The van der Waals surface area contributed by atoms with E-state index in [2.05, 4.69) is 17.6 Å². The summed E-state index contributed by atoms with van der Waals surface area (Å²) in [7, 11) is 0. The first kappa shape index (κ1) is 28.3. The molecular formula is C23H48N2O4. The molecule has 0 amide bonds. The molecule has 0 saturated heterocycles. The second-order valence-corrected chi connectivity index (χ2v) is 8.27. The van der Waals surface area contributed by atoms with E-state index in [0.717, 1.165) is 13.0 Å². The standard InChI is InChI=1S/C23H48N2O4/c1-4-7-8-9-10-11-12-13-14-15-16-17-24-19(20(26)5-2)18-25-22(23(28)29)21(27)6-3/h19-22,24-27H,4-18H2,1-3H3,(H,28,29). The largest absolute Gasteiger partial charge is 0.480 e. The predicted molar refractivity (Wildman–Crippen MR) is 120 cm³/mol. The van der Waals surface area contributed by atoms with Gasteiger partial charge in [-0.1, -0.05) is 85.0 Å². The van der Waals surface area contributed by atoms with Gasteiger partial charge in [0, 0.05) is 12.6 Å². The van der Waals surface area contributed by atoms with Crippen LogP contribution in [0, 0.1) is 0 Å². The highest BCUT2D eigenvalue weighted by atomic mass is 16.4. The normalized spacial score (nSPS) is 15.8. The molecule has 0 bridgehead atoms. The van der Waals surface area contributed by atoms with Crippen molar-refractivity contribution in [1.29, 1.82) is 0 Å². The second-order valence-electron chi connectivity index (χ2n) is 8.27. The van der Waals surface area contributed by atoms with Crippen molar-refractivity contribution in [1.82, 2.24) is 10.6 Å². The summed E-state index contributed by atoms with van der Waals surface area (Å²) >= 11 is 0. The van der Waals surface area contributed by atoms with Crippen molar-refractivity contribution in [3.8, 4) is 0 Å². The van der Waals surface area contributed by atoms with Gasteiger partial charge in [-0.15, -0.1) is 0 Å². The molecule has 0 aliphatic carbocycles. The average molecular weight is 417 g/mol. The lowest BCUT2D eigenvalue weighted by Crippen LogP contribution is -2.53. The fraction of sp³-hybridized carbons (Fsp3) is 0.957. The van der Waals surface area contributed by atoms with E-state index in [4.69, 9.17) is 0 Å². The van der Waals surface area contributed by atoms with Crippen LogP contribution < -0.4 is 10.6 Å². The summed E-state index contributed by atoms with van der Waals surface area (Å²) < 4.78 is 0. The number of unbranched alkanes of at least 4 members (excludes halogenated alkanes) is 10. The molecule has 0 aromatic carbocycles. The van der Waals surface area contributed by atoms with Gasteiger partial charge in [0.25, 0.3) is 0 Å². The molecule has 0 aliphatic heterocycles. The lowest BCUT2D eigenvalue weighted by atomic mass is 10.0. The molecule has 6 nitrogen and oxygen atoms in total. The van der Waals surface area contributed by atoms with Gasteiger partial charge in [0.2, 0.25) is 0 Å². The van der Waals surface area contributed by atoms with Gasteiger partial charge in [-0.25, -0.2) is 0 Å². The maximum absolute atomic E-state index is 11.3. The Bertz CT molecular complexity index is 382. The molecule has 174 valence electrons. The zero-order valence-corrected chi connectivity index (χ0v) is 19.2. The van der Waals surface area contributed by atoms with Gasteiger partial charge < -0.3 is 26.0 Å². The van der Waals surface area contributed by atoms with E-state index in [1.54, 1.807) is 6.92 Å². The number of aliphatic carboxylic acids is 1. The third kappa shape index (κ3) is 14.9. The Balaban J connectivity index is 3.94. The third-order valence-electron chi connectivity index (χ3n) is 5.70. The lowest BCUT2D eigenvalue weighted by molar-refractivity contribution is -0.142. The molecule has 0 heterocycles. The van der Waals surface area contributed by atoms with E-state index in [-0.39, 0.29) is 6.04 Å². The minimum atomic E-state index is -1.06. The molecule has 0 aliphatic rings. The molecule has 0 saturated carbocycles. The van der Waals surface area contributed by atoms with Gasteiger partial charge in [-0.3, -0.25) is 4.79 Å². The van der Waals surface area contributed by atoms with Crippen LogP contribution in [0.25, 0.3) is 0 Å². The van der Waals surface area contributed by atoms with E-state index in [1.165, 1.54) is 64.2 Å². The van der Waals surface area contributed by atoms with Gasteiger partial charge in [0.1, 0.15) is 6.04 Å². The summed E-state index contributed by atoms with van der Waals surface area (Å²) in [6, 6.07) is -1.22. The van der Waals surface area contributed by atoms with Crippen molar-refractivity contribution in [3.63, 3.8) is 0 Å². The van der Waals surface area contributed by atoms with E-state index >= 15 is 0 Å². The Kier molecular flexibility index (Phi) is 18.8. The van der Waals surface area contributed by atoms with Gasteiger partial charge >= 0.3 is 5.97 Å². The average Bonchev–Trinajstić information content (AvgIpc) is 2.71. The van der Waals surface area contributed by atoms with Crippen molar-refractivity contribution in [2.45, 2.75) is 129 Å². The number of rotatable bonds is 21. The van der Waals surface area contributed by atoms with Gasteiger partial charge in [-0.05, 0) is 25.8 Å². The summed E-state index contributed by atoms with van der Waals surface area (Å²) in [6.45, 7) is 7.05. The van der Waals surface area contributed by atoms with Crippen LogP contribution in [0.15, 0.2) is 0 Å². The zero-order chi connectivity index (χ0) is 21.9. The number of hydrogen-bond donors (Lipinski definition) is 5. The number of carboxylic acid groups (broad SMARTS) is 1. The number of hydrogen-bond acceptors (Lipinski definition) is 5. The van der Waals surface area contributed by atoms with Crippen LogP contribution in [-0.2, 0) is 4.79 Å². The van der Waals surface area contributed by atoms with E-state index < -0.39 is 24.2 Å². The molecule has 0 aromatic rings. The smallest absolute Gasteiger partial charge is 0.323 e. The number of aliphatic hydroxyl groups excluding tert-OH is 2. The molecule has 4 atom stereocenters. The molecule has 0 fully saturated rings. The third-order valence-corrected chi connectivity index (χ3v) is 5.70. The predicted octanol–water partition coefficient (Wildman–Crippen LogP) is 3.84. The fourth-order valence-corrected chi connectivity index (χ4v) is 3.58. The maximum Gasteiger partial charge on any atom is 0.323 e. The lowest BCUT2D eigenvalue weighted by Gasteiger charge is -2.27. The Morgan fingerprint density at radius 1 is 0.724 bits per heavy atom. The van der Waals surface area contributed by atoms with Crippen LogP contribution in [0.1, 0.15) is 104 Å². The SMILES string of the molecule is CCCCCCCCCCCCCNC(CNC(C(=O)O)C(O)CC)C(O)CC. The first-order chi connectivity index (χ1) is 14.0. The van der Waals surface area contributed by atoms with E-state index in [9.17, 15) is 20.1 Å². The van der Waals surface area contributed by atoms with Crippen LogP contribution in [0.5, 0.6) is 0 Å². The van der Waals surface area contributed by atoms with Crippen LogP contribution in [0.3, 0.4) is 0 Å². The highest BCUT2D eigenvalue weighted by Gasteiger charge is 2.27. The van der Waals surface area contributed by atoms with Gasteiger partial charge in [0.15, 0.2) is 0 Å². The molecule has 0 radical (unpaired) electrons. The second kappa shape index (κ2) is 19.3. The van der Waals surface area contributed by atoms with Crippen molar-refractivity contribution < 1.29 is 20.1 Å². The Labute approximate surface area is 178 Å². The minimum Gasteiger partial charge on any atom is -0.480 e. The van der Waals surface area contributed by atoms with Crippen molar-refractivity contribution in [2.24, 2.45) is 0 Å². The quantitative estimate of drug-likeness (QED) is 0.182. The fourth-order valence-electron chi connectivity index (χ4n) is 3.58. The summed E-state index contributed by atoms with van der Waals surface area (Å²) in [5.74, 6) is -1.06. The Morgan fingerprint density at radius 2 is 1.21 bits per heavy atom. The molecule has 5 N–H and O–H groups in total. The van der Waals surface area contributed by atoms with Crippen molar-refractivity contribution >= 4 is 5.97 Å². The monoisotopic (exact) mass is 416 g/mol. The first-order valence-corrected chi connectivity index (χ1v) is 12.0. The summed E-state index contributed by atoms with van der Waals surface area (Å²) in [4.78, 5) is 11.3.